The number of aliphatic hydroxyl groups is 1. The lowest BCUT2D eigenvalue weighted by Crippen LogP contribution is -2.31. The number of ether oxygens (including phenoxy) is 2. The molecule has 0 amide bonds. The summed E-state index contributed by atoms with van der Waals surface area (Å²) in [6.07, 6.45) is 0.722. The Bertz CT molecular complexity index is 320. The summed E-state index contributed by atoms with van der Waals surface area (Å²) < 4.78 is 9.72. The number of amidine groups is 1. The number of carbonyl (C=O) groups excluding carboxylic acids is 1. The molecule has 0 aliphatic heterocycles. The topological polar surface area (TPSA) is 103 Å². The Balaban J connectivity index is 4.10. The second-order valence-corrected chi connectivity index (χ2v) is 4.27. The molecule has 1 atom stereocenters. The fraction of sp³-hybridized carbons (Fsp3) is 0.636. The number of rotatable bonds is 6. The molecule has 0 spiro atoms. The fourth-order valence-corrected chi connectivity index (χ4v) is 0.801. The van der Waals surface area contributed by atoms with Gasteiger partial charge in [-0.1, -0.05) is 5.16 Å². The van der Waals surface area contributed by atoms with E-state index in [4.69, 9.17) is 15.2 Å². The maximum absolute atomic E-state index is 11.2. The Labute approximate surface area is 106 Å². The van der Waals surface area contributed by atoms with Crippen LogP contribution in [0.1, 0.15) is 27.7 Å². The lowest BCUT2D eigenvalue weighted by molar-refractivity contribution is -0.148. The van der Waals surface area contributed by atoms with Crippen LogP contribution in [0.2, 0.25) is 0 Å². The zero-order chi connectivity index (χ0) is 14.2. The van der Waals surface area contributed by atoms with E-state index in [-0.39, 0.29) is 12.4 Å². The first-order chi connectivity index (χ1) is 8.26. The van der Waals surface area contributed by atoms with Gasteiger partial charge in [-0.25, -0.2) is 4.79 Å². The number of carbonyl (C=O) groups is 1. The Hall–Kier alpha value is -1.60. The van der Waals surface area contributed by atoms with E-state index >= 15 is 0 Å². The number of hydrogen-bond donors (Lipinski definition) is 2. The minimum absolute atomic E-state index is 0.245. The molecule has 0 aromatic carbocycles. The van der Waals surface area contributed by atoms with Crippen LogP contribution in [-0.4, -0.2) is 35.4 Å². The van der Waals surface area contributed by atoms with Gasteiger partial charge in [0, 0.05) is 6.61 Å². The molecule has 18 heavy (non-hydrogen) atoms. The van der Waals surface area contributed by atoms with Crippen LogP contribution in [0.25, 0.3) is 0 Å². The van der Waals surface area contributed by atoms with Gasteiger partial charge >= 0.3 is 5.97 Å². The van der Waals surface area contributed by atoms with Gasteiger partial charge in [0.1, 0.15) is 11.9 Å². The van der Waals surface area contributed by atoms with Crippen LogP contribution < -0.4 is 5.73 Å². The smallest absolute Gasteiger partial charge is 0.334 e. The predicted molar refractivity (Wildman–Crippen MR) is 65.3 cm³/mol. The highest BCUT2D eigenvalue weighted by Gasteiger charge is 2.14. The van der Waals surface area contributed by atoms with Crippen molar-refractivity contribution < 1.29 is 24.2 Å². The average Bonchev–Trinajstić information content (AvgIpc) is 2.21. The Morgan fingerprint density at radius 3 is 2.61 bits per heavy atom. The third kappa shape index (κ3) is 8.54. The first-order valence-corrected chi connectivity index (χ1v) is 5.44. The van der Waals surface area contributed by atoms with Crippen LogP contribution in [0.5, 0.6) is 0 Å². The van der Waals surface area contributed by atoms with Crippen molar-refractivity contribution in [2.24, 2.45) is 10.9 Å². The van der Waals surface area contributed by atoms with Gasteiger partial charge in [0.2, 0.25) is 6.29 Å². The summed E-state index contributed by atoms with van der Waals surface area (Å²) in [7, 11) is 0. The molecule has 104 valence electrons. The molecule has 7 heteroatoms. The van der Waals surface area contributed by atoms with Crippen molar-refractivity contribution in [1.29, 1.82) is 0 Å². The van der Waals surface area contributed by atoms with Crippen molar-refractivity contribution in [3.05, 3.63) is 12.3 Å². The third-order valence-electron chi connectivity index (χ3n) is 1.41. The molecule has 0 saturated carbocycles. The summed E-state index contributed by atoms with van der Waals surface area (Å²) in [5.41, 5.74) is 4.75. The van der Waals surface area contributed by atoms with Crippen molar-refractivity contribution >= 4 is 11.8 Å². The van der Waals surface area contributed by atoms with Crippen molar-refractivity contribution in [2.75, 3.05) is 6.61 Å². The van der Waals surface area contributed by atoms with Crippen LogP contribution in [0.3, 0.4) is 0 Å². The summed E-state index contributed by atoms with van der Waals surface area (Å²) in [5, 5.41) is 12.5. The molecule has 7 nitrogen and oxygen atoms in total. The average molecular weight is 260 g/mol. The number of esters is 1. The largest absolute Gasteiger partial charge is 0.457 e. The standard InChI is InChI=1S/C11H20N2O5/c1-5-16-10(15)9(12)13-17-7-6-8(14)18-11(2,3)4/h6-7,10,15H,5H2,1-4H3,(H2,12,13). The molecule has 0 bridgehead atoms. The van der Waals surface area contributed by atoms with Gasteiger partial charge in [-0.2, -0.15) is 0 Å². The van der Waals surface area contributed by atoms with E-state index in [1.807, 2.05) is 0 Å². The zero-order valence-electron chi connectivity index (χ0n) is 11.0. The SMILES string of the molecule is CCOC(O)C(N)=NOC=CC(=O)OC(C)(C)C. The van der Waals surface area contributed by atoms with Crippen LogP contribution in [-0.2, 0) is 19.1 Å². The maximum atomic E-state index is 11.2. The van der Waals surface area contributed by atoms with Crippen molar-refractivity contribution in [2.45, 2.75) is 39.6 Å². The highest BCUT2D eigenvalue weighted by Crippen LogP contribution is 2.06. The molecule has 0 heterocycles. The second-order valence-electron chi connectivity index (χ2n) is 4.27. The van der Waals surface area contributed by atoms with Gasteiger partial charge in [0.15, 0.2) is 5.84 Å². The van der Waals surface area contributed by atoms with Crippen molar-refractivity contribution in [1.82, 2.24) is 0 Å². The van der Waals surface area contributed by atoms with E-state index in [9.17, 15) is 9.90 Å². The quantitative estimate of drug-likeness (QED) is 0.137. The summed E-state index contributed by atoms with van der Waals surface area (Å²) in [4.78, 5) is 15.8. The van der Waals surface area contributed by atoms with E-state index in [0.717, 1.165) is 12.3 Å². The van der Waals surface area contributed by atoms with E-state index in [1.165, 1.54) is 0 Å². The molecule has 0 aliphatic rings. The Kier molecular flexibility index (Phi) is 6.99. The predicted octanol–water partition coefficient (Wildman–Crippen LogP) is 0.485. The molecule has 0 fully saturated rings. The summed E-state index contributed by atoms with van der Waals surface area (Å²) >= 11 is 0. The lowest BCUT2D eigenvalue weighted by Gasteiger charge is -2.17. The first-order valence-electron chi connectivity index (χ1n) is 5.44. The molecule has 3 N–H and O–H groups in total. The Morgan fingerprint density at radius 2 is 2.11 bits per heavy atom. The summed E-state index contributed by atoms with van der Waals surface area (Å²) in [6.45, 7) is 7.21. The van der Waals surface area contributed by atoms with Crippen LogP contribution in [0, 0.1) is 0 Å². The van der Waals surface area contributed by atoms with E-state index in [2.05, 4.69) is 9.99 Å². The number of hydrogen-bond acceptors (Lipinski definition) is 6. The van der Waals surface area contributed by atoms with Gasteiger partial charge in [0.25, 0.3) is 0 Å². The Morgan fingerprint density at radius 1 is 1.50 bits per heavy atom. The van der Waals surface area contributed by atoms with Gasteiger partial charge in [0.05, 0.1) is 6.08 Å². The summed E-state index contributed by atoms with van der Waals surface area (Å²) in [6, 6.07) is 0. The minimum atomic E-state index is -1.33. The number of oxime groups is 1. The minimum Gasteiger partial charge on any atom is -0.457 e. The molecule has 0 radical (unpaired) electrons. The number of nitrogens with two attached hydrogens (primary N) is 1. The fourth-order valence-electron chi connectivity index (χ4n) is 0.801. The zero-order valence-corrected chi connectivity index (χ0v) is 11.0. The summed E-state index contributed by atoms with van der Waals surface area (Å²) in [5.74, 6) is -0.813. The van der Waals surface area contributed by atoms with E-state index in [0.29, 0.717) is 0 Å². The van der Waals surface area contributed by atoms with Crippen LogP contribution in [0.15, 0.2) is 17.5 Å². The molecule has 0 rings (SSSR count). The highest BCUT2D eigenvalue weighted by molar-refractivity contribution is 5.83. The lowest BCUT2D eigenvalue weighted by atomic mass is 10.2. The number of aliphatic hydroxyl groups excluding tert-OH is 1. The van der Waals surface area contributed by atoms with Crippen molar-refractivity contribution in [3.63, 3.8) is 0 Å². The highest BCUT2D eigenvalue weighted by atomic mass is 16.6. The molecule has 1 unspecified atom stereocenters. The maximum Gasteiger partial charge on any atom is 0.334 e. The second kappa shape index (κ2) is 7.67. The van der Waals surface area contributed by atoms with E-state index < -0.39 is 17.9 Å². The monoisotopic (exact) mass is 260 g/mol. The van der Waals surface area contributed by atoms with Gasteiger partial charge in [-0.15, -0.1) is 0 Å². The molecule has 0 aromatic heterocycles. The van der Waals surface area contributed by atoms with Crippen LogP contribution >= 0.6 is 0 Å². The molecule has 0 aliphatic carbocycles. The normalized spacial score (nSPS) is 14.6. The first kappa shape index (κ1) is 16.4. The molecular formula is C11H20N2O5. The van der Waals surface area contributed by atoms with Gasteiger partial charge in [-0.3, -0.25) is 0 Å². The van der Waals surface area contributed by atoms with Gasteiger partial charge in [-0.05, 0) is 27.7 Å². The molecule has 0 aromatic rings. The third-order valence-corrected chi connectivity index (χ3v) is 1.41. The number of nitrogens with zero attached hydrogens (tertiary/aromatic N) is 1. The van der Waals surface area contributed by atoms with Gasteiger partial charge < -0.3 is 25.2 Å². The van der Waals surface area contributed by atoms with Crippen LogP contribution in [0.4, 0.5) is 0 Å². The molecule has 0 saturated heterocycles. The molecular weight excluding hydrogens is 240 g/mol. The van der Waals surface area contributed by atoms with E-state index in [1.54, 1.807) is 27.7 Å². The van der Waals surface area contributed by atoms with Crippen molar-refractivity contribution in [3.8, 4) is 0 Å².